The van der Waals surface area contributed by atoms with Gasteiger partial charge in [-0.05, 0) is 58.2 Å². The van der Waals surface area contributed by atoms with E-state index in [1.165, 1.54) is 11.3 Å². The number of carbonyl (C=O) groups is 1. The van der Waals surface area contributed by atoms with Gasteiger partial charge in [0.1, 0.15) is 0 Å². The fraction of sp³-hybridized carbons (Fsp3) is 0.650. The van der Waals surface area contributed by atoms with Gasteiger partial charge in [0, 0.05) is 31.9 Å². The van der Waals surface area contributed by atoms with Crippen molar-refractivity contribution in [3.63, 3.8) is 0 Å². The third-order valence-electron chi connectivity index (χ3n) is 5.98. The first-order chi connectivity index (χ1) is 11.8. The smallest absolute Gasteiger partial charge is 0.224 e. The number of rotatable bonds is 4. The third kappa shape index (κ3) is 4.15. The van der Waals surface area contributed by atoms with Crippen LogP contribution in [0.2, 0.25) is 0 Å². The number of likely N-dealkylation sites (tertiary alicyclic amines) is 1. The van der Waals surface area contributed by atoms with E-state index in [0.717, 1.165) is 45.3 Å². The number of nitrogens with zero attached hydrogens (tertiary/aromatic N) is 2. The second-order valence-corrected chi connectivity index (χ2v) is 8.29. The Labute approximate surface area is 150 Å². The Balaban J connectivity index is 1.57. The van der Waals surface area contributed by atoms with Gasteiger partial charge in [-0.3, -0.25) is 9.69 Å². The molecule has 0 saturated carbocycles. The van der Waals surface area contributed by atoms with Crippen LogP contribution in [0.1, 0.15) is 38.2 Å². The number of benzene rings is 1. The maximum atomic E-state index is 11.7. The molecule has 0 unspecified atom stereocenters. The zero-order valence-electron chi connectivity index (χ0n) is 15.5. The van der Waals surface area contributed by atoms with Crippen molar-refractivity contribution in [1.29, 1.82) is 0 Å². The second kappa shape index (κ2) is 6.96. The van der Waals surface area contributed by atoms with Gasteiger partial charge in [0.25, 0.3) is 0 Å². The molecule has 1 amide bonds. The number of β-amino-alcohol motifs (C(OH)–C–C–N with tert-alkyl or cyclic N) is 1. The van der Waals surface area contributed by atoms with Gasteiger partial charge in [-0.2, -0.15) is 0 Å². The van der Waals surface area contributed by atoms with Gasteiger partial charge >= 0.3 is 0 Å². The Kier molecular flexibility index (Phi) is 5.07. The Morgan fingerprint density at radius 3 is 2.40 bits per heavy atom. The van der Waals surface area contributed by atoms with Crippen molar-refractivity contribution < 1.29 is 9.90 Å². The van der Waals surface area contributed by atoms with Gasteiger partial charge < -0.3 is 15.7 Å². The summed E-state index contributed by atoms with van der Waals surface area (Å²) in [6.07, 6.45) is 3.32. The standard InChI is InChI=1S/C20H31N3O2/c1-16-4-6-17(7-5-16)23-12-9-20(25,10-13-23)15-22-11-3-8-19(2,14-22)18(21)24/h4-7,25H,3,8-15H2,1-2H3,(H2,21,24)/t19-/m0/s1. The molecule has 0 aliphatic carbocycles. The Bertz CT molecular complexity index is 608. The van der Waals surface area contributed by atoms with Gasteiger partial charge in [0.15, 0.2) is 0 Å². The lowest BCUT2D eigenvalue weighted by Crippen LogP contribution is -2.55. The lowest BCUT2D eigenvalue weighted by molar-refractivity contribution is -0.131. The number of aliphatic hydroxyl groups is 1. The molecule has 3 rings (SSSR count). The lowest BCUT2D eigenvalue weighted by Gasteiger charge is -2.45. The zero-order valence-corrected chi connectivity index (χ0v) is 15.5. The van der Waals surface area contributed by atoms with E-state index in [1.807, 2.05) is 6.92 Å². The number of anilines is 1. The van der Waals surface area contributed by atoms with Crippen molar-refractivity contribution in [2.45, 2.75) is 45.1 Å². The van der Waals surface area contributed by atoms with Crippen molar-refractivity contribution in [1.82, 2.24) is 4.90 Å². The van der Waals surface area contributed by atoms with Crippen molar-refractivity contribution in [2.24, 2.45) is 11.1 Å². The molecule has 0 aromatic heterocycles. The molecule has 1 aromatic rings. The summed E-state index contributed by atoms with van der Waals surface area (Å²) in [4.78, 5) is 16.3. The highest BCUT2D eigenvalue weighted by molar-refractivity contribution is 5.80. The molecule has 3 N–H and O–H groups in total. The number of hydrogen-bond donors (Lipinski definition) is 2. The maximum absolute atomic E-state index is 11.7. The van der Waals surface area contributed by atoms with Crippen LogP contribution in [0.5, 0.6) is 0 Å². The molecule has 5 nitrogen and oxygen atoms in total. The Morgan fingerprint density at radius 2 is 1.80 bits per heavy atom. The first kappa shape index (κ1) is 18.2. The maximum Gasteiger partial charge on any atom is 0.224 e. The number of primary amides is 1. The number of hydrogen-bond acceptors (Lipinski definition) is 4. The summed E-state index contributed by atoms with van der Waals surface area (Å²) < 4.78 is 0. The average molecular weight is 345 g/mol. The molecule has 2 aliphatic heterocycles. The van der Waals surface area contributed by atoms with Crippen molar-refractivity contribution >= 4 is 11.6 Å². The number of amides is 1. The summed E-state index contributed by atoms with van der Waals surface area (Å²) in [7, 11) is 0. The molecule has 1 aromatic carbocycles. The molecule has 2 fully saturated rings. The highest BCUT2D eigenvalue weighted by atomic mass is 16.3. The molecule has 1 atom stereocenters. The first-order valence-electron chi connectivity index (χ1n) is 9.36. The van der Waals surface area contributed by atoms with Crippen LogP contribution in [-0.4, -0.2) is 54.2 Å². The van der Waals surface area contributed by atoms with E-state index in [4.69, 9.17) is 5.73 Å². The van der Waals surface area contributed by atoms with Gasteiger partial charge in [-0.1, -0.05) is 17.7 Å². The number of aryl methyl sites for hydroxylation is 1. The van der Waals surface area contributed by atoms with E-state index < -0.39 is 11.0 Å². The second-order valence-electron chi connectivity index (χ2n) is 8.29. The van der Waals surface area contributed by atoms with Crippen LogP contribution in [0.15, 0.2) is 24.3 Å². The monoisotopic (exact) mass is 345 g/mol. The molecule has 0 bridgehead atoms. The molecule has 25 heavy (non-hydrogen) atoms. The molecular weight excluding hydrogens is 314 g/mol. The molecule has 5 heteroatoms. The zero-order chi connectivity index (χ0) is 18.1. The van der Waals surface area contributed by atoms with E-state index in [0.29, 0.717) is 13.1 Å². The summed E-state index contributed by atoms with van der Waals surface area (Å²) in [6, 6.07) is 8.58. The van der Waals surface area contributed by atoms with E-state index in [1.54, 1.807) is 0 Å². The predicted octanol–water partition coefficient (Wildman–Crippen LogP) is 1.91. The topological polar surface area (TPSA) is 69.8 Å². The fourth-order valence-electron chi connectivity index (χ4n) is 4.19. The number of piperidine rings is 2. The number of nitrogens with two attached hydrogens (primary N) is 1. The SMILES string of the molecule is Cc1ccc(N2CCC(O)(CN3CCC[C@](C)(C(N)=O)C3)CC2)cc1. The fourth-order valence-corrected chi connectivity index (χ4v) is 4.19. The normalized spacial score (nSPS) is 27.2. The van der Waals surface area contributed by atoms with Crippen LogP contribution in [-0.2, 0) is 4.79 Å². The van der Waals surface area contributed by atoms with Crippen molar-refractivity contribution in [3.8, 4) is 0 Å². The molecule has 0 radical (unpaired) electrons. The molecule has 2 aliphatic rings. The summed E-state index contributed by atoms with van der Waals surface area (Å²) in [5, 5.41) is 11.1. The van der Waals surface area contributed by atoms with Crippen LogP contribution in [0.4, 0.5) is 5.69 Å². The summed E-state index contributed by atoms with van der Waals surface area (Å²) in [5.41, 5.74) is 6.95. The molecule has 138 valence electrons. The molecule has 2 heterocycles. The van der Waals surface area contributed by atoms with Crippen LogP contribution < -0.4 is 10.6 Å². The van der Waals surface area contributed by atoms with E-state index in [-0.39, 0.29) is 5.91 Å². The minimum Gasteiger partial charge on any atom is -0.388 e. The minimum atomic E-state index is -0.670. The van der Waals surface area contributed by atoms with E-state index in [9.17, 15) is 9.90 Å². The third-order valence-corrected chi connectivity index (χ3v) is 5.98. The van der Waals surface area contributed by atoms with Crippen LogP contribution in [0.3, 0.4) is 0 Å². The van der Waals surface area contributed by atoms with E-state index >= 15 is 0 Å². The molecular formula is C20H31N3O2. The van der Waals surface area contributed by atoms with Gasteiger partial charge in [-0.15, -0.1) is 0 Å². The summed E-state index contributed by atoms with van der Waals surface area (Å²) in [6.45, 7) is 8.00. The minimum absolute atomic E-state index is 0.224. The summed E-state index contributed by atoms with van der Waals surface area (Å²) >= 11 is 0. The average Bonchev–Trinajstić information content (AvgIpc) is 2.56. The van der Waals surface area contributed by atoms with Crippen LogP contribution in [0.25, 0.3) is 0 Å². The molecule has 0 spiro atoms. The van der Waals surface area contributed by atoms with Gasteiger partial charge in [0.2, 0.25) is 5.91 Å². The highest BCUT2D eigenvalue weighted by Gasteiger charge is 2.40. The van der Waals surface area contributed by atoms with E-state index in [2.05, 4.69) is 41.0 Å². The van der Waals surface area contributed by atoms with Crippen molar-refractivity contribution in [3.05, 3.63) is 29.8 Å². The van der Waals surface area contributed by atoms with Crippen molar-refractivity contribution in [2.75, 3.05) is 37.6 Å². The predicted molar refractivity (Wildman–Crippen MR) is 101 cm³/mol. The Morgan fingerprint density at radius 1 is 1.16 bits per heavy atom. The highest BCUT2D eigenvalue weighted by Crippen LogP contribution is 2.32. The number of carbonyl (C=O) groups excluding carboxylic acids is 1. The van der Waals surface area contributed by atoms with Crippen LogP contribution >= 0.6 is 0 Å². The summed E-state index contributed by atoms with van der Waals surface area (Å²) in [5.74, 6) is -0.224. The molecule has 2 saturated heterocycles. The van der Waals surface area contributed by atoms with Gasteiger partial charge in [0.05, 0.1) is 11.0 Å². The Hall–Kier alpha value is -1.59. The van der Waals surface area contributed by atoms with Gasteiger partial charge in [-0.25, -0.2) is 0 Å². The lowest BCUT2D eigenvalue weighted by atomic mass is 9.80. The quantitative estimate of drug-likeness (QED) is 0.875. The largest absolute Gasteiger partial charge is 0.388 e. The van der Waals surface area contributed by atoms with Crippen LogP contribution in [0, 0.1) is 12.3 Å². The first-order valence-corrected chi connectivity index (χ1v) is 9.36.